The van der Waals surface area contributed by atoms with Crippen molar-refractivity contribution in [3.63, 3.8) is 0 Å². The van der Waals surface area contributed by atoms with Crippen LogP contribution < -0.4 is 0 Å². The Bertz CT molecular complexity index is 1650. The summed E-state index contributed by atoms with van der Waals surface area (Å²) in [6.45, 7) is 12.9. The molecule has 370 valence electrons. The lowest BCUT2D eigenvalue weighted by Crippen LogP contribution is -2.65. The van der Waals surface area contributed by atoms with E-state index in [1.165, 1.54) is 0 Å². The van der Waals surface area contributed by atoms with Crippen LogP contribution in [0.4, 0.5) is 0 Å². The molecule has 2 spiro atoms. The van der Waals surface area contributed by atoms with E-state index < -0.39 is 122 Å². The third-order valence-electron chi connectivity index (χ3n) is 19.0. The quantitative estimate of drug-likeness (QED) is 0.105. The molecular weight excluding hydrogens is 840 g/mol. The van der Waals surface area contributed by atoms with E-state index in [1.54, 1.807) is 13.8 Å². The van der Waals surface area contributed by atoms with Crippen molar-refractivity contribution in [2.75, 3.05) is 19.8 Å². The maximum absolute atomic E-state index is 12.1. The van der Waals surface area contributed by atoms with E-state index in [1.807, 2.05) is 0 Å². The summed E-state index contributed by atoms with van der Waals surface area (Å²) in [5.41, 5.74) is -3.06. The van der Waals surface area contributed by atoms with Gasteiger partial charge in [-0.1, -0.05) is 34.6 Å². The van der Waals surface area contributed by atoms with Crippen molar-refractivity contribution in [2.24, 2.45) is 50.7 Å². The zero-order chi connectivity index (χ0) is 46.9. The summed E-state index contributed by atoms with van der Waals surface area (Å²) in [6, 6.07) is 0. The van der Waals surface area contributed by atoms with Gasteiger partial charge in [0.25, 0.3) is 0 Å². The molecule has 3 aliphatic heterocycles. The lowest BCUT2D eigenvalue weighted by atomic mass is 9.41. The van der Waals surface area contributed by atoms with Crippen LogP contribution in [0.15, 0.2) is 0 Å². The second-order valence-electron chi connectivity index (χ2n) is 23.1. The molecule has 18 heteroatoms. The van der Waals surface area contributed by atoms with E-state index in [2.05, 4.69) is 34.6 Å². The van der Waals surface area contributed by atoms with Gasteiger partial charge in [-0.3, -0.25) is 0 Å². The zero-order valence-corrected chi connectivity index (χ0v) is 38.4. The van der Waals surface area contributed by atoms with Crippen molar-refractivity contribution in [2.45, 2.75) is 216 Å². The molecule has 64 heavy (non-hydrogen) atoms. The summed E-state index contributed by atoms with van der Waals surface area (Å²) in [4.78, 5) is 0. The van der Waals surface area contributed by atoms with Gasteiger partial charge in [0, 0.05) is 0 Å². The third kappa shape index (κ3) is 7.68. The van der Waals surface area contributed by atoms with Gasteiger partial charge >= 0.3 is 0 Å². The van der Waals surface area contributed by atoms with Crippen molar-refractivity contribution < 1.29 is 89.7 Å². The second-order valence-corrected chi connectivity index (χ2v) is 23.1. The number of aliphatic hydroxyl groups excluding tert-OH is 11. The van der Waals surface area contributed by atoms with Gasteiger partial charge in [0.2, 0.25) is 0 Å². The predicted molar refractivity (Wildman–Crippen MR) is 222 cm³/mol. The van der Waals surface area contributed by atoms with E-state index in [-0.39, 0.29) is 58.5 Å². The van der Waals surface area contributed by atoms with Crippen LogP contribution in [0.25, 0.3) is 0 Å². The van der Waals surface area contributed by atoms with Gasteiger partial charge < -0.3 is 89.7 Å². The highest BCUT2D eigenvalue weighted by Gasteiger charge is 2.85. The van der Waals surface area contributed by atoms with E-state index in [9.17, 15) is 61.3 Å². The normalized spacial score (nSPS) is 54.5. The van der Waals surface area contributed by atoms with Crippen molar-refractivity contribution in [1.29, 1.82) is 0 Å². The van der Waals surface area contributed by atoms with Gasteiger partial charge in [-0.2, -0.15) is 0 Å². The minimum Gasteiger partial charge on any atom is -0.394 e. The Kier molecular flexibility index (Phi) is 13.4. The Morgan fingerprint density at radius 3 is 1.98 bits per heavy atom. The summed E-state index contributed by atoms with van der Waals surface area (Å²) in [6.07, 6.45) is -15.7. The van der Waals surface area contributed by atoms with Crippen molar-refractivity contribution in [1.82, 2.24) is 0 Å². The first-order valence-corrected chi connectivity index (χ1v) is 23.8. The summed E-state index contributed by atoms with van der Waals surface area (Å²) in [7, 11) is 0. The number of hydrogen-bond acceptors (Lipinski definition) is 18. The van der Waals surface area contributed by atoms with Crippen LogP contribution in [0, 0.1) is 50.7 Å². The largest absolute Gasteiger partial charge is 0.394 e. The molecule has 0 aromatic rings. The Hall–Kier alpha value is -0.720. The second kappa shape index (κ2) is 17.3. The molecule has 0 radical (unpaired) electrons. The fourth-order valence-electron chi connectivity index (χ4n) is 15.4. The summed E-state index contributed by atoms with van der Waals surface area (Å²) in [5, 5.41) is 129. The van der Waals surface area contributed by atoms with E-state index in [0.29, 0.717) is 38.5 Å². The molecule has 5 aliphatic carbocycles. The summed E-state index contributed by atoms with van der Waals surface area (Å²) in [5.74, 6) is -0.226. The topological polar surface area (TPSA) is 298 Å². The standard InChI is InChI=1S/C46H78O18/c1-20(8-9-27(51)42(4,5)58)29-21(48)15-44(7)26-14-24(61-39-35(57)33(55)32(54)25(16-47)62-39)37-41(2,3)28(10-11-46(37)19-45(26,46)13-12-43(29,44)6)63-40-36(31(53)23(50)18-60-40)64-38-34(56)30(52)22(49)17-59-38/h20-40,47-58H,8-19H2,1-7H3/t20-,21+,22-,23+,24-,25-,26+,27-,28+,29+,30+,31+,32+,33+,34+,35-,36-,37-,38+,39-,40+,43-,44-,45+,46-/m0/s1. The fraction of sp³-hybridized carbons (Fsp3) is 1.00. The molecule has 8 rings (SSSR count). The maximum atomic E-state index is 12.1. The molecule has 0 amide bonds. The van der Waals surface area contributed by atoms with Crippen LogP contribution in [0.2, 0.25) is 0 Å². The van der Waals surface area contributed by atoms with Crippen molar-refractivity contribution in [3.05, 3.63) is 0 Å². The average Bonchev–Trinajstić information content (AvgIpc) is 3.82. The van der Waals surface area contributed by atoms with Gasteiger partial charge in [0.1, 0.15) is 61.0 Å². The van der Waals surface area contributed by atoms with E-state index >= 15 is 0 Å². The lowest BCUT2D eigenvalue weighted by Gasteiger charge is -2.65. The van der Waals surface area contributed by atoms with Crippen LogP contribution >= 0.6 is 0 Å². The van der Waals surface area contributed by atoms with Gasteiger partial charge in [0.15, 0.2) is 18.9 Å². The van der Waals surface area contributed by atoms with Crippen LogP contribution in [0.3, 0.4) is 0 Å². The molecule has 0 aromatic carbocycles. The molecular formula is C46H78O18. The minimum atomic E-state index is -1.67. The van der Waals surface area contributed by atoms with Crippen LogP contribution in [-0.2, 0) is 28.4 Å². The van der Waals surface area contributed by atoms with Crippen LogP contribution in [-0.4, -0.2) is 191 Å². The van der Waals surface area contributed by atoms with Gasteiger partial charge in [0.05, 0.1) is 49.8 Å². The molecule has 0 bridgehead atoms. The van der Waals surface area contributed by atoms with Gasteiger partial charge in [-0.05, 0) is 122 Å². The van der Waals surface area contributed by atoms with Crippen LogP contribution in [0.5, 0.6) is 0 Å². The Balaban J connectivity index is 1.10. The van der Waals surface area contributed by atoms with E-state index in [4.69, 9.17) is 28.4 Å². The monoisotopic (exact) mass is 919 g/mol. The Morgan fingerprint density at radius 1 is 0.688 bits per heavy atom. The lowest BCUT2D eigenvalue weighted by molar-refractivity contribution is -0.360. The summed E-state index contributed by atoms with van der Waals surface area (Å²) >= 11 is 0. The van der Waals surface area contributed by atoms with E-state index in [0.717, 1.165) is 19.3 Å². The molecule has 8 fully saturated rings. The zero-order valence-electron chi connectivity index (χ0n) is 38.4. The highest BCUT2D eigenvalue weighted by Crippen LogP contribution is 2.89. The van der Waals surface area contributed by atoms with Gasteiger partial charge in [-0.15, -0.1) is 0 Å². The highest BCUT2D eigenvalue weighted by molar-refractivity contribution is 5.33. The fourth-order valence-corrected chi connectivity index (χ4v) is 15.4. The van der Waals surface area contributed by atoms with Gasteiger partial charge in [-0.25, -0.2) is 0 Å². The average molecular weight is 919 g/mol. The summed E-state index contributed by atoms with van der Waals surface area (Å²) < 4.78 is 37.3. The Morgan fingerprint density at radius 2 is 1.33 bits per heavy atom. The first kappa shape index (κ1) is 49.7. The highest BCUT2D eigenvalue weighted by atomic mass is 16.8. The first-order valence-electron chi connectivity index (χ1n) is 23.8. The van der Waals surface area contributed by atoms with Crippen molar-refractivity contribution >= 4 is 0 Å². The number of rotatable bonds is 12. The molecule has 5 saturated carbocycles. The third-order valence-corrected chi connectivity index (χ3v) is 19.0. The molecule has 25 atom stereocenters. The first-order chi connectivity index (χ1) is 29.8. The Labute approximate surface area is 375 Å². The molecule has 8 aliphatic rings. The van der Waals surface area contributed by atoms with Crippen molar-refractivity contribution in [3.8, 4) is 0 Å². The molecule has 0 unspecified atom stereocenters. The SMILES string of the molecule is C[C@@H](CC[C@H](O)C(C)(C)O)[C@@H]1[C@H](O)C[C@@]2(C)[C@H]3C[C@H](O[C@H]4O[C@@H](CO)[C@@H](O)[C@@H](O)[C@@H]4O)[C@H]4C(C)(C)[C@H](O[C@H]5OC[C@@H](O)[C@@H](O)[C@@H]5O[C@H]5OC[C@H](O)[C@@H](O)[C@H]5O)CC[C@]45C[C@]35CC[C@@]12C. The molecule has 3 saturated heterocycles. The number of ether oxygens (including phenoxy) is 6. The number of fused-ring (bicyclic) bond motifs is 2. The van der Waals surface area contributed by atoms with Crippen LogP contribution in [0.1, 0.15) is 106 Å². The number of aliphatic hydroxyl groups is 12. The smallest absolute Gasteiger partial charge is 0.186 e. The molecule has 3 heterocycles. The minimum absolute atomic E-state index is 0.0455. The number of hydrogen-bond donors (Lipinski definition) is 12. The molecule has 12 N–H and O–H groups in total. The molecule has 18 nitrogen and oxygen atoms in total. The predicted octanol–water partition coefficient (Wildman–Crippen LogP) is -0.973. The maximum Gasteiger partial charge on any atom is 0.186 e. The molecule has 0 aromatic heterocycles.